The smallest absolute Gasteiger partial charge is 0.271 e. The minimum atomic E-state index is -0.284. The number of aryl methyl sites for hydroxylation is 1. The predicted molar refractivity (Wildman–Crippen MR) is 76.7 cm³/mol. The van der Waals surface area contributed by atoms with Crippen molar-refractivity contribution >= 4 is 23.5 Å². The lowest BCUT2D eigenvalue weighted by Crippen LogP contribution is -2.17. The Morgan fingerprint density at radius 3 is 2.95 bits per heavy atom. The van der Waals surface area contributed by atoms with Gasteiger partial charge in [-0.15, -0.1) is 11.3 Å². The first kappa shape index (κ1) is 12.7. The van der Waals surface area contributed by atoms with Gasteiger partial charge in [-0.3, -0.25) is 4.79 Å². The highest BCUT2D eigenvalue weighted by molar-refractivity contribution is 7.13. The zero-order valence-electron chi connectivity index (χ0n) is 10.8. The average molecular weight is 288 g/mol. The topological polar surface area (TPSA) is 59.9 Å². The third-order valence-electron chi connectivity index (χ3n) is 2.75. The number of hydrazone groups is 1. The summed E-state index contributed by atoms with van der Waals surface area (Å²) < 4.78 is 10.4. The van der Waals surface area contributed by atoms with E-state index in [-0.39, 0.29) is 12.7 Å². The highest BCUT2D eigenvalue weighted by Crippen LogP contribution is 2.32. The van der Waals surface area contributed by atoms with E-state index in [4.69, 9.17) is 9.47 Å². The second-order valence-electron chi connectivity index (χ2n) is 4.22. The van der Waals surface area contributed by atoms with Crippen LogP contribution in [0.5, 0.6) is 11.5 Å². The van der Waals surface area contributed by atoms with E-state index in [2.05, 4.69) is 10.5 Å². The fraction of sp³-hybridized carbons (Fsp3) is 0.143. The summed E-state index contributed by atoms with van der Waals surface area (Å²) >= 11 is 1.61. The van der Waals surface area contributed by atoms with Crippen LogP contribution >= 0.6 is 11.3 Å². The summed E-state index contributed by atoms with van der Waals surface area (Å²) in [5.41, 5.74) is 2.97. The van der Waals surface area contributed by atoms with Crippen molar-refractivity contribution in [3.8, 4) is 11.5 Å². The van der Waals surface area contributed by atoms with Gasteiger partial charge in [-0.25, -0.2) is 5.43 Å². The molecule has 5 nitrogen and oxygen atoms in total. The first-order chi connectivity index (χ1) is 9.72. The quantitative estimate of drug-likeness (QED) is 0.697. The van der Waals surface area contributed by atoms with Gasteiger partial charge < -0.3 is 9.47 Å². The molecule has 3 rings (SSSR count). The SMILES string of the molecule is Cc1ccc(C=NNC(=O)c2ccc3c(c2)OCO3)s1. The molecule has 1 aliphatic heterocycles. The van der Waals surface area contributed by atoms with E-state index in [1.807, 2.05) is 19.1 Å². The molecular formula is C14H12N2O3S. The molecule has 20 heavy (non-hydrogen) atoms. The molecule has 1 aromatic heterocycles. The number of amides is 1. The Labute approximate surface area is 119 Å². The van der Waals surface area contributed by atoms with Crippen LogP contribution in [-0.4, -0.2) is 18.9 Å². The van der Waals surface area contributed by atoms with E-state index in [1.54, 1.807) is 35.8 Å². The van der Waals surface area contributed by atoms with Crippen LogP contribution in [0.25, 0.3) is 0 Å². The summed E-state index contributed by atoms with van der Waals surface area (Å²) in [6.45, 7) is 2.21. The number of carbonyl (C=O) groups excluding carboxylic acids is 1. The number of carbonyl (C=O) groups is 1. The molecule has 0 radical (unpaired) electrons. The van der Waals surface area contributed by atoms with E-state index in [9.17, 15) is 4.79 Å². The van der Waals surface area contributed by atoms with Crippen molar-refractivity contribution in [3.63, 3.8) is 0 Å². The van der Waals surface area contributed by atoms with Crippen LogP contribution in [0.4, 0.5) is 0 Å². The Balaban J connectivity index is 1.66. The third kappa shape index (κ3) is 2.65. The molecule has 1 N–H and O–H groups in total. The molecule has 0 unspecified atom stereocenters. The fourth-order valence-electron chi connectivity index (χ4n) is 1.78. The van der Waals surface area contributed by atoms with Gasteiger partial charge in [0, 0.05) is 15.3 Å². The minimum absolute atomic E-state index is 0.191. The van der Waals surface area contributed by atoms with Crippen LogP contribution in [0.1, 0.15) is 20.1 Å². The number of hydrogen-bond donors (Lipinski definition) is 1. The summed E-state index contributed by atoms with van der Waals surface area (Å²) in [7, 11) is 0. The average Bonchev–Trinajstić information content (AvgIpc) is 3.06. The summed E-state index contributed by atoms with van der Waals surface area (Å²) in [5, 5.41) is 3.94. The molecule has 0 aliphatic carbocycles. The first-order valence-electron chi connectivity index (χ1n) is 6.02. The molecule has 0 fully saturated rings. The number of nitrogens with zero attached hydrogens (tertiary/aromatic N) is 1. The van der Waals surface area contributed by atoms with Gasteiger partial charge in [-0.05, 0) is 37.3 Å². The van der Waals surface area contributed by atoms with Gasteiger partial charge in [0.15, 0.2) is 11.5 Å². The van der Waals surface area contributed by atoms with Gasteiger partial charge in [0.1, 0.15) is 0 Å². The van der Waals surface area contributed by atoms with Gasteiger partial charge >= 0.3 is 0 Å². The molecule has 0 atom stereocenters. The fourth-order valence-corrected chi connectivity index (χ4v) is 2.53. The van der Waals surface area contributed by atoms with Crippen molar-refractivity contribution in [1.82, 2.24) is 5.43 Å². The summed E-state index contributed by atoms with van der Waals surface area (Å²) in [5.74, 6) is 0.947. The van der Waals surface area contributed by atoms with Crippen LogP contribution in [-0.2, 0) is 0 Å². The number of nitrogens with one attached hydrogen (secondary N) is 1. The Morgan fingerprint density at radius 2 is 2.15 bits per heavy atom. The standard InChI is InChI=1S/C14H12N2O3S/c1-9-2-4-11(20-9)7-15-16-14(17)10-3-5-12-13(6-10)19-8-18-12/h2-7H,8H2,1H3,(H,16,17). The lowest BCUT2D eigenvalue weighted by atomic mass is 10.2. The number of rotatable bonds is 3. The van der Waals surface area contributed by atoms with Crippen molar-refractivity contribution in [2.45, 2.75) is 6.92 Å². The Kier molecular flexibility index (Phi) is 3.39. The molecule has 102 valence electrons. The van der Waals surface area contributed by atoms with Crippen LogP contribution in [0, 0.1) is 6.92 Å². The zero-order valence-corrected chi connectivity index (χ0v) is 11.6. The lowest BCUT2D eigenvalue weighted by Gasteiger charge is -2.01. The number of benzene rings is 1. The maximum Gasteiger partial charge on any atom is 0.271 e. The Hall–Kier alpha value is -2.34. The molecule has 6 heteroatoms. The highest BCUT2D eigenvalue weighted by Gasteiger charge is 2.15. The largest absolute Gasteiger partial charge is 0.454 e. The van der Waals surface area contributed by atoms with Crippen LogP contribution < -0.4 is 14.9 Å². The normalized spacial score (nSPS) is 12.8. The molecule has 1 aliphatic rings. The van der Waals surface area contributed by atoms with Crippen LogP contribution in [0.15, 0.2) is 35.4 Å². The zero-order chi connectivity index (χ0) is 13.9. The van der Waals surface area contributed by atoms with Crippen molar-refractivity contribution in [2.75, 3.05) is 6.79 Å². The predicted octanol–water partition coefficient (Wildman–Crippen LogP) is 2.55. The van der Waals surface area contributed by atoms with E-state index in [1.165, 1.54) is 4.88 Å². The highest BCUT2D eigenvalue weighted by atomic mass is 32.1. The molecule has 2 aromatic rings. The number of ether oxygens (including phenoxy) is 2. The third-order valence-corrected chi connectivity index (χ3v) is 3.69. The minimum Gasteiger partial charge on any atom is -0.454 e. The van der Waals surface area contributed by atoms with Gasteiger partial charge in [0.05, 0.1) is 6.21 Å². The monoisotopic (exact) mass is 288 g/mol. The molecular weight excluding hydrogens is 276 g/mol. The number of fused-ring (bicyclic) bond motifs is 1. The van der Waals surface area contributed by atoms with Crippen molar-refractivity contribution in [1.29, 1.82) is 0 Å². The molecule has 0 saturated heterocycles. The molecule has 1 amide bonds. The Morgan fingerprint density at radius 1 is 1.30 bits per heavy atom. The van der Waals surface area contributed by atoms with Crippen molar-refractivity contribution in [2.24, 2.45) is 5.10 Å². The maximum absolute atomic E-state index is 11.9. The first-order valence-corrected chi connectivity index (χ1v) is 6.83. The van der Waals surface area contributed by atoms with E-state index < -0.39 is 0 Å². The van der Waals surface area contributed by atoms with E-state index in [0.29, 0.717) is 17.1 Å². The van der Waals surface area contributed by atoms with Gasteiger partial charge in [-0.2, -0.15) is 5.10 Å². The molecule has 0 bridgehead atoms. The number of hydrogen-bond acceptors (Lipinski definition) is 5. The van der Waals surface area contributed by atoms with E-state index in [0.717, 1.165) is 4.88 Å². The lowest BCUT2D eigenvalue weighted by molar-refractivity contribution is 0.0954. The second-order valence-corrected chi connectivity index (χ2v) is 5.54. The molecule has 2 heterocycles. The summed E-state index contributed by atoms with van der Waals surface area (Å²) in [4.78, 5) is 14.1. The van der Waals surface area contributed by atoms with Crippen molar-refractivity contribution < 1.29 is 14.3 Å². The van der Waals surface area contributed by atoms with Crippen LogP contribution in [0.3, 0.4) is 0 Å². The second kappa shape index (κ2) is 5.34. The van der Waals surface area contributed by atoms with E-state index >= 15 is 0 Å². The van der Waals surface area contributed by atoms with Crippen molar-refractivity contribution in [3.05, 3.63) is 45.6 Å². The molecule has 0 saturated carbocycles. The van der Waals surface area contributed by atoms with Gasteiger partial charge in [0.25, 0.3) is 5.91 Å². The van der Waals surface area contributed by atoms with Gasteiger partial charge in [0.2, 0.25) is 6.79 Å². The Bertz CT molecular complexity index is 679. The number of thiophene rings is 1. The summed E-state index contributed by atoms with van der Waals surface area (Å²) in [6.07, 6.45) is 1.63. The molecule has 1 aromatic carbocycles. The van der Waals surface area contributed by atoms with Gasteiger partial charge in [-0.1, -0.05) is 0 Å². The maximum atomic E-state index is 11.9. The summed E-state index contributed by atoms with van der Waals surface area (Å²) in [6, 6.07) is 8.99. The molecule has 0 spiro atoms. The van der Waals surface area contributed by atoms with Crippen LogP contribution in [0.2, 0.25) is 0 Å².